The highest BCUT2D eigenvalue weighted by molar-refractivity contribution is 5.85. The van der Waals surface area contributed by atoms with E-state index in [4.69, 9.17) is 0 Å². The third-order valence-corrected chi connectivity index (χ3v) is 3.42. The van der Waals surface area contributed by atoms with Crippen molar-refractivity contribution in [3.63, 3.8) is 0 Å². The van der Waals surface area contributed by atoms with E-state index in [1.807, 2.05) is 19.2 Å². The van der Waals surface area contributed by atoms with E-state index in [0.717, 1.165) is 31.7 Å². The van der Waals surface area contributed by atoms with Gasteiger partial charge < -0.3 is 10.1 Å². The molecule has 2 rings (SSSR count). The Bertz CT molecular complexity index is 389. The van der Waals surface area contributed by atoms with E-state index >= 15 is 0 Å². The first kappa shape index (κ1) is 17.1. The van der Waals surface area contributed by atoms with E-state index in [1.54, 1.807) is 12.1 Å². The fourth-order valence-electron chi connectivity index (χ4n) is 2.55. The molecule has 20 heavy (non-hydrogen) atoms. The first-order valence-corrected chi connectivity index (χ1v) is 6.58. The van der Waals surface area contributed by atoms with Crippen molar-refractivity contribution in [2.75, 3.05) is 26.7 Å². The number of rotatable bonds is 6. The van der Waals surface area contributed by atoms with Gasteiger partial charge in [0.1, 0.15) is 5.75 Å². The number of hydrogen-bond acceptors (Lipinski definition) is 3. The second-order valence-corrected chi connectivity index (χ2v) is 4.97. The van der Waals surface area contributed by atoms with Gasteiger partial charge >= 0.3 is 6.61 Å². The topological polar surface area (TPSA) is 24.5 Å². The Morgan fingerprint density at radius 1 is 1.35 bits per heavy atom. The molecule has 1 aliphatic rings. The normalized spacial score (nSPS) is 19.1. The van der Waals surface area contributed by atoms with Crippen LogP contribution in [-0.2, 0) is 6.54 Å². The SMILES string of the molecule is CNCC1CCN(Cc2ccc(OC(F)F)cc2)C1.Cl. The van der Waals surface area contributed by atoms with Crippen LogP contribution < -0.4 is 10.1 Å². The molecule has 1 N–H and O–H groups in total. The number of hydrogen-bond donors (Lipinski definition) is 1. The summed E-state index contributed by atoms with van der Waals surface area (Å²) in [4.78, 5) is 2.39. The maximum Gasteiger partial charge on any atom is 0.387 e. The summed E-state index contributed by atoms with van der Waals surface area (Å²) in [6.07, 6.45) is 1.22. The Morgan fingerprint density at radius 2 is 2.05 bits per heavy atom. The molecule has 1 aromatic carbocycles. The lowest BCUT2D eigenvalue weighted by Gasteiger charge is -2.16. The molecular weight excluding hydrogens is 286 g/mol. The van der Waals surface area contributed by atoms with Gasteiger partial charge in [-0.15, -0.1) is 12.4 Å². The van der Waals surface area contributed by atoms with Crippen molar-refractivity contribution < 1.29 is 13.5 Å². The molecule has 0 saturated carbocycles. The highest BCUT2D eigenvalue weighted by Crippen LogP contribution is 2.20. The minimum atomic E-state index is -2.76. The lowest BCUT2D eigenvalue weighted by molar-refractivity contribution is -0.0498. The van der Waals surface area contributed by atoms with Gasteiger partial charge in [-0.05, 0) is 50.2 Å². The van der Waals surface area contributed by atoms with Gasteiger partial charge in [0, 0.05) is 13.1 Å². The van der Waals surface area contributed by atoms with Crippen LogP contribution in [0.5, 0.6) is 5.75 Å². The molecule has 3 nitrogen and oxygen atoms in total. The van der Waals surface area contributed by atoms with Gasteiger partial charge in [-0.1, -0.05) is 12.1 Å². The summed E-state index contributed by atoms with van der Waals surface area (Å²) in [5.41, 5.74) is 1.13. The van der Waals surface area contributed by atoms with Crippen LogP contribution in [0.4, 0.5) is 8.78 Å². The summed E-state index contributed by atoms with van der Waals surface area (Å²) >= 11 is 0. The molecule has 1 heterocycles. The number of nitrogens with zero attached hydrogens (tertiary/aromatic N) is 1. The van der Waals surface area contributed by atoms with Crippen LogP contribution in [0.3, 0.4) is 0 Å². The molecular formula is C14H21ClF2N2O. The van der Waals surface area contributed by atoms with Crippen molar-refractivity contribution in [1.29, 1.82) is 0 Å². The molecule has 1 aromatic rings. The van der Waals surface area contributed by atoms with Crippen LogP contribution >= 0.6 is 12.4 Å². The highest BCUT2D eigenvalue weighted by Gasteiger charge is 2.21. The average Bonchev–Trinajstić information content (AvgIpc) is 2.79. The Kier molecular flexibility index (Phi) is 7.19. The van der Waals surface area contributed by atoms with Crippen molar-refractivity contribution in [3.8, 4) is 5.75 Å². The predicted molar refractivity (Wildman–Crippen MR) is 77.6 cm³/mol. The van der Waals surface area contributed by atoms with Gasteiger partial charge in [0.05, 0.1) is 0 Å². The van der Waals surface area contributed by atoms with Crippen molar-refractivity contribution in [3.05, 3.63) is 29.8 Å². The molecule has 0 bridgehead atoms. The van der Waals surface area contributed by atoms with E-state index < -0.39 is 6.61 Å². The van der Waals surface area contributed by atoms with E-state index in [1.165, 1.54) is 6.42 Å². The standard InChI is InChI=1S/C14H20F2N2O.ClH/c1-17-8-12-6-7-18(10-12)9-11-2-4-13(5-3-11)19-14(15)16;/h2-5,12,14,17H,6-10H2,1H3;1H. The lowest BCUT2D eigenvalue weighted by atomic mass is 10.1. The molecule has 0 aliphatic carbocycles. The monoisotopic (exact) mass is 306 g/mol. The Labute approximate surface area is 124 Å². The fraction of sp³-hybridized carbons (Fsp3) is 0.571. The maximum atomic E-state index is 12.0. The molecule has 1 atom stereocenters. The zero-order chi connectivity index (χ0) is 13.7. The van der Waals surface area contributed by atoms with Crippen LogP contribution in [0, 0.1) is 5.92 Å². The van der Waals surface area contributed by atoms with Gasteiger partial charge in [0.25, 0.3) is 0 Å². The highest BCUT2D eigenvalue weighted by atomic mass is 35.5. The Hall–Kier alpha value is -0.910. The quantitative estimate of drug-likeness (QED) is 0.874. The largest absolute Gasteiger partial charge is 0.435 e. The molecule has 0 spiro atoms. The second-order valence-electron chi connectivity index (χ2n) is 4.97. The molecule has 0 radical (unpaired) electrons. The molecule has 0 amide bonds. The summed E-state index contributed by atoms with van der Waals surface area (Å²) in [6.45, 7) is 1.36. The van der Waals surface area contributed by atoms with Gasteiger partial charge in [0.15, 0.2) is 0 Å². The second kappa shape index (κ2) is 8.39. The number of ether oxygens (including phenoxy) is 1. The number of halogens is 3. The predicted octanol–water partition coefficient (Wildman–Crippen LogP) is 2.75. The molecule has 6 heteroatoms. The Morgan fingerprint density at radius 3 is 2.65 bits per heavy atom. The summed E-state index contributed by atoms with van der Waals surface area (Å²) in [6, 6.07) is 6.90. The average molecular weight is 307 g/mol. The van der Waals surface area contributed by atoms with Crippen LogP contribution in [0.2, 0.25) is 0 Å². The number of alkyl halides is 2. The van der Waals surface area contributed by atoms with Crippen molar-refractivity contribution in [2.45, 2.75) is 19.6 Å². The van der Waals surface area contributed by atoms with Gasteiger partial charge in [0.2, 0.25) is 0 Å². The maximum absolute atomic E-state index is 12.0. The summed E-state index contributed by atoms with van der Waals surface area (Å²) in [7, 11) is 1.98. The Balaban J connectivity index is 0.00000200. The smallest absolute Gasteiger partial charge is 0.387 e. The van der Waals surface area contributed by atoms with Crippen LogP contribution in [0.25, 0.3) is 0 Å². The number of nitrogens with one attached hydrogen (secondary N) is 1. The molecule has 1 aliphatic heterocycles. The zero-order valence-corrected chi connectivity index (χ0v) is 12.3. The number of likely N-dealkylation sites (tertiary alicyclic amines) is 1. The minimum Gasteiger partial charge on any atom is -0.435 e. The van der Waals surface area contributed by atoms with Crippen molar-refractivity contribution >= 4 is 12.4 Å². The summed E-state index contributed by atoms with van der Waals surface area (Å²) < 4.78 is 28.4. The van der Waals surface area contributed by atoms with E-state index in [2.05, 4.69) is 15.0 Å². The molecule has 1 unspecified atom stereocenters. The van der Waals surface area contributed by atoms with Crippen molar-refractivity contribution in [1.82, 2.24) is 10.2 Å². The first-order chi connectivity index (χ1) is 9.17. The summed E-state index contributed by atoms with van der Waals surface area (Å²) in [5.74, 6) is 0.930. The first-order valence-electron chi connectivity index (χ1n) is 6.58. The fourth-order valence-corrected chi connectivity index (χ4v) is 2.55. The van der Waals surface area contributed by atoms with Gasteiger partial charge in [-0.25, -0.2) is 0 Å². The summed E-state index contributed by atoms with van der Waals surface area (Å²) in [5, 5.41) is 3.21. The van der Waals surface area contributed by atoms with Gasteiger partial charge in [-0.2, -0.15) is 8.78 Å². The third-order valence-electron chi connectivity index (χ3n) is 3.42. The zero-order valence-electron chi connectivity index (χ0n) is 11.5. The van der Waals surface area contributed by atoms with E-state index in [9.17, 15) is 8.78 Å². The van der Waals surface area contributed by atoms with E-state index in [0.29, 0.717) is 5.92 Å². The van der Waals surface area contributed by atoms with E-state index in [-0.39, 0.29) is 18.2 Å². The van der Waals surface area contributed by atoms with Crippen molar-refractivity contribution in [2.24, 2.45) is 5.92 Å². The minimum absolute atomic E-state index is 0. The number of benzene rings is 1. The molecule has 0 aromatic heterocycles. The van der Waals surface area contributed by atoms with Crippen LogP contribution in [0.1, 0.15) is 12.0 Å². The molecule has 114 valence electrons. The lowest BCUT2D eigenvalue weighted by Crippen LogP contribution is -2.24. The van der Waals surface area contributed by atoms with Crippen LogP contribution in [0.15, 0.2) is 24.3 Å². The van der Waals surface area contributed by atoms with Crippen LogP contribution in [-0.4, -0.2) is 38.2 Å². The molecule has 1 fully saturated rings. The molecule has 1 saturated heterocycles. The van der Waals surface area contributed by atoms with Gasteiger partial charge in [-0.3, -0.25) is 4.90 Å². The third kappa shape index (κ3) is 5.23.